The van der Waals surface area contributed by atoms with Crippen LogP contribution in [0.4, 0.5) is 0 Å². The molecule has 1 aromatic heterocycles. The molecule has 2 N–H and O–H groups in total. The van der Waals surface area contributed by atoms with Gasteiger partial charge in [-0.05, 0) is 39.8 Å². The van der Waals surface area contributed by atoms with E-state index in [0.717, 1.165) is 18.2 Å². The third-order valence-corrected chi connectivity index (χ3v) is 3.93. The fourth-order valence-corrected chi connectivity index (χ4v) is 2.73. The molecule has 1 aromatic rings. The van der Waals surface area contributed by atoms with Crippen LogP contribution in [0.3, 0.4) is 0 Å². The molecule has 1 saturated heterocycles. The lowest BCUT2D eigenvalue weighted by Crippen LogP contribution is -2.46. The van der Waals surface area contributed by atoms with E-state index in [1.54, 1.807) is 0 Å². The number of nitrogens with zero attached hydrogens (tertiary/aromatic N) is 2. The molecule has 17 heavy (non-hydrogen) atoms. The molecule has 4 heteroatoms. The van der Waals surface area contributed by atoms with Crippen molar-refractivity contribution in [2.75, 3.05) is 20.1 Å². The molecule has 4 nitrogen and oxygen atoms in total. The molecule has 0 spiro atoms. The standard InChI is InChI=1S/C13H24N4/c1-9-8-17(4)6-5-13(9)14-7-12-10(2)15-16-11(12)3/h9,13-14H,5-8H2,1-4H3,(H,15,16). The predicted molar refractivity (Wildman–Crippen MR) is 70.0 cm³/mol. The highest BCUT2D eigenvalue weighted by molar-refractivity contribution is 5.22. The fraction of sp³-hybridized carbons (Fsp3) is 0.769. The van der Waals surface area contributed by atoms with E-state index in [-0.39, 0.29) is 0 Å². The van der Waals surface area contributed by atoms with Crippen LogP contribution in [0.5, 0.6) is 0 Å². The van der Waals surface area contributed by atoms with Crippen molar-refractivity contribution < 1.29 is 0 Å². The SMILES string of the molecule is Cc1n[nH]c(C)c1CNC1CCN(C)CC1C. The van der Waals surface area contributed by atoms with Gasteiger partial charge in [0, 0.05) is 30.4 Å². The van der Waals surface area contributed by atoms with E-state index in [4.69, 9.17) is 0 Å². The highest BCUT2D eigenvalue weighted by Gasteiger charge is 2.23. The minimum Gasteiger partial charge on any atom is -0.309 e. The summed E-state index contributed by atoms with van der Waals surface area (Å²) in [5, 5.41) is 11.0. The maximum atomic E-state index is 4.24. The van der Waals surface area contributed by atoms with Crippen molar-refractivity contribution in [1.82, 2.24) is 20.4 Å². The second-order valence-corrected chi connectivity index (χ2v) is 5.43. The second kappa shape index (κ2) is 5.19. The first-order chi connectivity index (χ1) is 8.08. The van der Waals surface area contributed by atoms with Crippen LogP contribution in [0.25, 0.3) is 0 Å². The van der Waals surface area contributed by atoms with Gasteiger partial charge in [-0.25, -0.2) is 0 Å². The number of hydrogen-bond acceptors (Lipinski definition) is 3. The summed E-state index contributed by atoms with van der Waals surface area (Å²) in [4.78, 5) is 2.41. The summed E-state index contributed by atoms with van der Waals surface area (Å²) >= 11 is 0. The molecule has 0 aliphatic carbocycles. The summed E-state index contributed by atoms with van der Waals surface area (Å²) in [6.45, 7) is 9.83. The summed E-state index contributed by atoms with van der Waals surface area (Å²) in [7, 11) is 2.21. The van der Waals surface area contributed by atoms with Gasteiger partial charge in [-0.3, -0.25) is 5.10 Å². The van der Waals surface area contributed by atoms with Gasteiger partial charge < -0.3 is 10.2 Å². The highest BCUT2D eigenvalue weighted by atomic mass is 15.1. The third kappa shape index (κ3) is 2.87. The summed E-state index contributed by atoms with van der Waals surface area (Å²) in [6, 6.07) is 0.639. The fourth-order valence-electron chi connectivity index (χ4n) is 2.73. The average Bonchev–Trinajstić information content (AvgIpc) is 2.58. The van der Waals surface area contributed by atoms with Crippen LogP contribution in [0, 0.1) is 19.8 Å². The van der Waals surface area contributed by atoms with E-state index < -0.39 is 0 Å². The Bertz CT molecular complexity index is 352. The number of hydrogen-bond donors (Lipinski definition) is 2. The monoisotopic (exact) mass is 236 g/mol. The zero-order valence-electron chi connectivity index (χ0n) is 11.4. The number of nitrogens with one attached hydrogen (secondary N) is 2. The van der Waals surface area contributed by atoms with Gasteiger partial charge in [0.25, 0.3) is 0 Å². The number of aryl methyl sites for hydroxylation is 2. The van der Waals surface area contributed by atoms with Crippen molar-refractivity contribution in [2.45, 2.75) is 39.8 Å². The highest BCUT2D eigenvalue weighted by Crippen LogP contribution is 2.17. The van der Waals surface area contributed by atoms with Gasteiger partial charge in [-0.1, -0.05) is 6.92 Å². The maximum absolute atomic E-state index is 4.24. The minimum absolute atomic E-state index is 0.639. The zero-order valence-corrected chi connectivity index (χ0v) is 11.4. The lowest BCUT2D eigenvalue weighted by atomic mass is 9.94. The van der Waals surface area contributed by atoms with Crippen molar-refractivity contribution in [3.8, 4) is 0 Å². The zero-order chi connectivity index (χ0) is 12.4. The van der Waals surface area contributed by atoms with Crippen molar-refractivity contribution in [3.63, 3.8) is 0 Å². The van der Waals surface area contributed by atoms with Crippen LogP contribution < -0.4 is 5.32 Å². The lowest BCUT2D eigenvalue weighted by molar-refractivity contribution is 0.174. The smallest absolute Gasteiger partial charge is 0.0638 e. The molecular formula is C13H24N4. The first-order valence-corrected chi connectivity index (χ1v) is 6.50. The number of piperidine rings is 1. The summed E-state index contributed by atoms with van der Waals surface area (Å²) in [6.07, 6.45) is 1.24. The first kappa shape index (κ1) is 12.6. The molecule has 1 fully saturated rings. The molecule has 2 atom stereocenters. The Morgan fingerprint density at radius 2 is 2.24 bits per heavy atom. The van der Waals surface area contributed by atoms with E-state index in [1.807, 2.05) is 0 Å². The van der Waals surface area contributed by atoms with Crippen molar-refractivity contribution >= 4 is 0 Å². The van der Waals surface area contributed by atoms with E-state index in [9.17, 15) is 0 Å². The Morgan fingerprint density at radius 1 is 1.47 bits per heavy atom. The number of likely N-dealkylation sites (tertiary alicyclic amines) is 1. The Hall–Kier alpha value is -0.870. The number of aromatic nitrogens is 2. The lowest BCUT2D eigenvalue weighted by Gasteiger charge is -2.35. The third-order valence-electron chi connectivity index (χ3n) is 3.93. The van der Waals surface area contributed by atoms with Gasteiger partial charge in [-0.2, -0.15) is 5.10 Å². The summed E-state index contributed by atoms with van der Waals surface area (Å²) < 4.78 is 0. The quantitative estimate of drug-likeness (QED) is 0.835. The van der Waals surface area contributed by atoms with Gasteiger partial charge in [0.2, 0.25) is 0 Å². The van der Waals surface area contributed by atoms with Gasteiger partial charge in [0.15, 0.2) is 0 Å². The van der Waals surface area contributed by atoms with Gasteiger partial charge in [-0.15, -0.1) is 0 Å². The molecular weight excluding hydrogens is 212 g/mol. The summed E-state index contributed by atoms with van der Waals surface area (Å²) in [5.74, 6) is 0.723. The molecule has 2 rings (SSSR count). The number of H-pyrrole nitrogens is 1. The Labute approximate surface area is 104 Å². The van der Waals surface area contributed by atoms with Crippen LogP contribution >= 0.6 is 0 Å². The van der Waals surface area contributed by atoms with Crippen LogP contribution in [0.1, 0.15) is 30.3 Å². The van der Waals surface area contributed by atoms with Crippen molar-refractivity contribution in [1.29, 1.82) is 0 Å². The molecule has 0 amide bonds. The number of rotatable bonds is 3. The van der Waals surface area contributed by atoms with Crippen LogP contribution in [0.2, 0.25) is 0 Å². The Kier molecular flexibility index (Phi) is 3.84. The molecule has 2 unspecified atom stereocenters. The maximum Gasteiger partial charge on any atom is 0.0638 e. The van der Waals surface area contributed by atoms with Gasteiger partial charge in [0.1, 0.15) is 0 Å². The normalized spacial score (nSPS) is 26.4. The van der Waals surface area contributed by atoms with E-state index >= 15 is 0 Å². The van der Waals surface area contributed by atoms with E-state index in [1.165, 1.54) is 30.8 Å². The molecule has 0 aromatic carbocycles. The van der Waals surface area contributed by atoms with Gasteiger partial charge in [0.05, 0.1) is 5.69 Å². The molecule has 2 heterocycles. The first-order valence-electron chi connectivity index (χ1n) is 6.50. The van der Waals surface area contributed by atoms with Gasteiger partial charge >= 0.3 is 0 Å². The molecule has 0 radical (unpaired) electrons. The topological polar surface area (TPSA) is 44.0 Å². The van der Waals surface area contributed by atoms with E-state index in [2.05, 4.69) is 48.2 Å². The average molecular weight is 236 g/mol. The van der Waals surface area contributed by atoms with Crippen LogP contribution in [-0.4, -0.2) is 41.3 Å². The molecule has 0 saturated carbocycles. The van der Waals surface area contributed by atoms with Crippen LogP contribution in [-0.2, 0) is 6.54 Å². The Balaban J connectivity index is 1.90. The van der Waals surface area contributed by atoms with Crippen molar-refractivity contribution in [2.24, 2.45) is 5.92 Å². The largest absolute Gasteiger partial charge is 0.309 e. The number of aromatic amines is 1. The second-order valence-electron chi connectivity index (χ2n) is 5.43. The predicted octanol–water partition coefficient (Wildman–Crippen LogP) is 1.46. The Morgan fingerprint density at radius 3 is 2.82 bits per heavy atom. The van der Waals surface area contributed by atoms with E-state index in [0.29, 0.717) is 6.04 Å². The minimum atomic E-state index is 0.639. The summed E-state index contributed by atoms with van der Waals surface area (Å²) in [5.41, 5.74) is 3.64. The van der Waals surface area contributed by atoms with Crippen molar-refractivity contribution in [3.05, 3.63) is 17.0 Å². The van der Waals surface area contributed by atoms with Crippen LogP contribution in [0.15, 0.2) is 0 Å². The molecule has 96 valence electrons. The molecule has 0 bridgehead atoms. The molecule has 1 aliphatic rings. The molecule has 1 aliphatic heterocycles.